The van der Waals surface area contributed by atoms with E-state index < -0.39 is 18.0 Å². The van der Waals surface area contributed by atoms with Crippen molar-refractivity contribution < 1.29 is 14.4 Å². The molecule has 5 N–H and O–H groups in total. The summed E-state index contributed by atoms with van der Waals surface area (Å²) in [5.74, 6) is -0.253. The van der Waals surface area contributed by atoms with E-state index in [-0.39, 0.29) is 5.91 Å². The Morgan fingerprint density at radius 3 is 2.09 bits per heavy atom. The highest BCUT2D eigenvalue weighted by Gasteiger charge is 2.14. The molecule has 0 saturated heterocycles. The number of amides is 4. The number of carbonyl (C=O) groups is 3. The summed E-state index contributed by atoms with van der Waals surface area (Å²) in [5.41, 5.74) is 6.26. The number of rotatable bonds is 6. The molecular weight excluding hydrogens is 284 g/mol. The summed E-state index contributed by atoms with van der Waals surface area (Å²) >= 11 is 0. The molecule has 0 aromatic heterocycles. The molecule has 120 valence electrons. The minimum atomic E-state index is -0.887. The lowest BCUT2D eigenvalue weighted by Crippen LogP contribution is -2.43. The van der Waals surface area contributed by atoms with E-state index >= 15 is 0 Å². The molecule has 22 heavy (non-hydrogen) atoms. The van der Waals surface area contributed by atoms with Gasteiger partial charge in [-0.25, -0.2) is 4.79 Å². The topological polar surface area (TPSA) is 113 Å². The van der Waals surface area contributed by atoms with Gasteiger partial charge in [0.25, 0.3) is 0 Å². The van der Waals surface area contributed by atoms with Crippen molar-refractivity contribution in [2.75, 3.05) is 10.6 Å². The first kappa shape index (κ1) is 17.5. The monoisotopic (exact) mass is 306 g/mol. The number of nitrogens with one attached hydrogen (secondary N) is 3. The second-order valence-corrected chi connectivity index (χ2v) is 5.44. The average Bonchev–Trinajstić information content (AvgIpc) is 2.39. The molecule has 1 rings (SSSR count). The molecule has 0 aliphatic heterocycles. The van der Waals surface area contributed by atoms with Gasteiger partial charge in [-0.1, -0.05) is 13.8 Å². The largest absolute Gasteiger partial charge is 0.374 e. The summed E-state index contributed by atoms with van der Waals surface area (Å²) in [5, 5.41) is 7.72. The van der Waals surface area contributed by atoms with Crippen LogP contribution in [0, 0.1) is 5.92 Å². The molecular formula is C15H22N4O3. The van der Waals surface area contributed by atoms with Gasteiger partial charge in [-0.05, 0) is 37.1 Å². The Bertz CT molecular complexity index is 540. The van der Waals surface area contributed by atoms with Gasteiger partial charge in [0, 0.05) is 17.8 Å². The summed E-state index contributed by atoms with van der Waals surface area (Å²) in [6.07, 6.45) is 0.463. The Hall–Kier alpha value is -2.57. The van der Waals surface area contributed by atoms with Crippen molar-refractivity contribution in [3.63, 3.8) is 0 Å². The fourth-order valence-corrected chi connectivity index (χ4v) is 1.78. The summed E-state index contributed by atoms with van der Waals surface area (Å²) in [4.78, 5) is 33.8. The van der Waals surface area contributed by atoms with Crippen LogP contribution in [0.4, 0.5) is 16.2 Å². The van der Waals surface area contributed by atoms with Crippen LogP contribution in [-0.4, -0.2) is 23.9 Å². The number of hydrogen-bond donors (Lipinski definition) is 4. The smallest absolute Gasteiger partial charge is 0.318 e. The maximum atomic E-state index is 11.7. The number of nitrogens with two attached hydrogens (primary N) is 1. The predicted octanol–water partition coefficient (Wildman–Crippen LogP) is 1.67. The van der Waals surface area contributed by atoms with Crippen molar-refractivity contribution in [2.24, 2.45) is 11.7 Å². The van der Waals surface area contributed by atoms with Crippen molar-refractivity contribution >= 4 is 29.2 Å². The van der Waals surface area contributed by atoms with Gasteiger partial charge in [-0.3, -0.25) is 14.9 Å². The molecule has 0 heterocycles. The Balaban J connectivity index is 2.56. The molecule has 4 amide bonds. The van der Waals surface area contributed by atoms with Gasteiger partial charge >= 0.3 is 6.03 Å². The van der Waals surface area contributed by atoms with Gasteiger partial charge in [0.05, 0.1) is 0 Å². The fourth-order valence-electron chi connectivity index (χ4n) is 1.78. The standard InChI is InChI=1S/C15H22N4O3/c1-9(2)8-13(20)18-12-6-4-11(5-7-12)17-10(3)14(21)19-15(16)22/h4-7,9-10,17H,8H2,1-3H3,(H,18,20)(H3,16,19,21,22). The van der Waals surface area contributed by atoms with Crippen LogP contribution >= 0.6 is 0 Å². The third-order valence-electron chi connectivity index (χ3n) is 2.79. The van der Waals surface area contributed by atoms with E-state index in [4.69, 9.17) is 5.73 Å². The quantitative estimate of drug-likeness (QED) is 0.640. The highest BCUT2D eigenvalue weighted by Crippen LogP contribution is 2.15. The van der Waals surface area contributed by atoms with Crippen LogP contribution in [0.2, 0.25) is 0 Å². The average molecular weight is 306 g/mol. The second-order valence-electron chi connectivity index (χ2n) is 5.44. The molecule has 7 heteroatoms. The van der Waals surface area contributed by atoms with E-state index in [0.717, 1.165) is 0 Å². The van der Waals surface area contributed by atoms with Crippen LogP contribution < -0.4 is 21.7 Å². The molecule has 1 aromatic rings. The SMILES string of the molecule is CC(C)CC(=O)Nc1ccc(NC(C)C(=O)NC(N)=O)cc1. The Labute approximate surface area is 129 Å². The van der Waals surface area contributed by atoms with E-state index in [9.17, 15) is 14.4 Å². The number of benzene rings is 1. The first-order valence-electron chi connectivity index (χ1n) is 7.04. The van der Waals surface area contributed by atoms with Gasteiger partial charge in [-0.15, -0.1) is 0 Å². The maximum absolute atomic E-state index is 11.7. The number of urea groups is 1. The molecule has 0 aliphatic rings. The predicted molar refractivity (Wildman–Crippen MR) is 85.3 cm³/mol. The zero-order valence-electron chi connectivity index (χ0n) is 13.0. The third kappa shape index (κ3) is 6.25. The fraction of sp³-hybridized carbons (Fsp3) is 0.400. The van der Waals surface area contributed by atoms with Crippen LogP contribution in [-0.2, 0) is 9.59 Å². The molecule has 1 aromatic carbocycles. The van der Waals surface area contributed by atoms with Gasteiger partial charge < -0.3 is 16.4 Å². The molecule has 1 atom stereocenters. The van der Waals surface area contributed by atoms with E-state index in [1.54, 1.807) is 31.2 Å². The minimum Gasteiger partial charge on any atom is -0.374 e. The van der Waals surface area contributed by atoms with E-state index in [2.05, 4.69) is 10.6 Å². The molecule has 0 saturated carbocycles. The summed E-state index contributed by atoms with van der Waals surface area (Å²) in [6.45, 7) is 5.56. The molecule has 0 bridgehead atoms. The van der Waals surface area contributed by atoms with Gasteiger partial charge in [0.15, 0.2) is 0 Å². The lowest BCUT2D eigenvalue weighted by molar-refractivity contribution is -0.120. The number of anilines is 2. The first-order chi connectivity index (χ1) is 10.3. The summed E-state index contributed by atoms with van der Waals surface area (Å²) in [6, 6.07) is 5.44. The number of primary amides is 1. The van der Waals surface area contributed by atoms with Gasteiger partial charge in [0.2, 0.25) is 11.8 Å². The van der Waals surface area contributed by atoms with E-state index in [0.29, 0.717) is 23.7 Å². The Kier molecular flexibility index (Phi) is 6.37. The summed E-state index contributed by atoms with van der Waals surface area (Å²) < 4.78 is 0. The third-order valence-corrected chi connectivity index (χ3v) is 2.79. The molecule has 0 aliphatic carbocycles. The molecule has 0 fully saturated rings. The van der Waals surface area contributed by atoms with Crippen molar-refractivity contribution in [3.8, 4) is 0 Å². The zero-order valence-corrected chi connectivity index (χ0v) is 13.0. The number of imide groups is 1. The molecule has 7 nitrogen and oxygen atoms in total. The van der Waals surface area contributed by atoms with E-state index in [1.807, 2.05) is 19.2 Å². The second kappa shape index (κ2) is 8.02. The lowest BCUT2D eigenvalue weighted by atomic mass is 10.1. The Morgan fingerprint density at radius 2 is 1.59 bits per heavy atom. The molecule has 0 radical (unpaired) electrons. The Morgan fingerprint density at radius 1 is 1.05 bits per heavy atom. The van der Waals surface area contributed by atoms with Gasteiger partial charge in [0.1, 0.15) is 6.04 Å². The minimum absolute atomic E-state index is 0.0371. The normalized spacial score (nSPS) is 11.6. The zero-order chi connectivity index (χ0) is 16.7. The molecule has 0 spiro atoms. The highest BCUT2D eigenvalue weighted by atomic mass is 16.2. The molecule has 1 unspecified atom stereocenters. The van der Waals surface area contributed by atoms with Crippen LogP contribution in [0.3, 0.4) is 0 Å². The van der Waals surface area contributed by atoms with Crippen molar-refractivity contribution in [3.05, 3.63) is 24.3 Å². The van der Waals surface area contributed by atoms with Gasteiger partial charge in [-0.2, -0.15) is 0 Å². The van der Waals surface area contributed by atoms with E-state index in [1.165, 1.54) is 0 Å². The van der Waals surface area contributed by atoms with Crippen LogP contribution in [0.1, 0.15) is 27.2 Å². The van der Waals surface area contributed by atoms with Crippen molar-refractivity contribution in [2.45, 2.75) is 33.2 Å². The van der Waals surface area contributed by atoms with Crippen LogP contribution in [0.5, 0.6) is 0 Å². The van der Waals surface area contributed by atoms with Crippen molar-refractivity contribution in [1.29, 1.82) is 0 Å². The van der Waals surface area contributed by atoms with Crippen molar-refractivity contribution in [1.82, 2.24) is 5.32 Å². The van der Waals surface area contributed by atoms with Crippen LogP contribution in [0.15, 0.2) is 24.3 Å². The maximum Gasteiger partial charge on any atom is 0.318 e. The summed E-state index contributed by atoms with van der Waals surface area (Å²) in [7, 11) is 0. The first-order valence-corrected chi connectivity index (χ1v) is 7.04. The highest BCUT2D eigenvalue weighted by molar-refractivity contribution is 5.97. The van der Waals surface area contributed by atoms with Crippen LogP contribution in [0.25, 0.3) is 0 Å². The number of carbonyl (C=O) groups excluding carboxylic acids is 3. The number of hydrogen-bond acceptors (Lipinski definition) is 4. The lowest BCUT2D eigenvalue weighted by Gasteiger charge is -2.14.